The van der Waals surface area contributed by atoms with Crippen LogP contribution >= 0.6 is 23.2 Å². The van der Waals surface area contributed by atoms with Gasteiger partial charge in [-0.2, -0.15) is 0 Å². The zero-order valence-electron chi connectivity index (χ0n) is 11.3. The number of para-hydroxylation sites is 2. The fourth-order valence-corrected chi connectivity index (χ4v) is 2.38. The average molecular weight is 330 g/mol. The average Bonchev–Trinajstić information content (AvgIpc) is 2.45. The standard InChI is InChI=1S/C15H14Cl2FNO2/c1-20-13-4-2-3-5-14(13)21-7-6-19-15-11(16)8-10(18)9-12(15)17/h2-5,8-9,19H,6-7H2,1H3. The van der Waals surface area contributed by atoms with E-state index in [9.17, 15) is 4.39 Å². The van der Waals surface area contributed by atoms with E-state index in [1.54, 1.807) is 7.11 Å². The third kappa shape index (κ3) is 4.16. The van der Waals surface area contributed by atoms with Crippen molar-refractivity contribution in [3.8, 4) is 11.5 Å². The summed E-state index contributed by atoms with van der Waals surface area (Å²) >= 11 is 11.9. The maximum atomic E-state index is 13.1. The van der Waals surface area contributed by atoms with Gasteiger partial charge in [0.2, 0.25) is 0 Å². The molecule has 2 aromatic carbocycles. The molecule has 0 spiro atoms. The van der Waals surface area contributed by atoms with Crippen LogP contribution in [-0.4, -0.2) is 20.3 Å². The Morgan fingerprint density at radius 1 is 1.10 bits per heavy atom. The van der Waals surface area contributed by atoms with Crippen molar-refractivity contribution in [2.24, 2.45) is 0 Å². The van der Waals surface area contributed by atoms with Gasteiger partial charge in [-0.1, -0.05) is 35.3 Å². The molecule has 3 nitrogen and oxygen atoms in total. The molecule has 2 rings (SSSR count). The summed E-state index contributed by atoms with van der Waals surface area (Å²) < 4.78 is 23.9. The lowest BCUT2D eigenvalue weighted by atomic mass is 10.3. The molecule has 0 saturated carbocycles. The first kappa shape index (κ1) is 15.7. The molecule has 2 aromatic rings. The number of methoxy groups -OCH3 is 1. The third-order valence-electron chi connectivity index (χ3n) is 2.74. The molecule has 6 heteroatoms. The first-order chi connectivity index (χ1) is 10.1. The van der Waals surface area contributed by atoms with Gasteiger partial charge < -0.3 is 14.8 Å². The van der Waals surface area contributed by atoms with Gasteiger partial charge in [-0.15, -0.1) is 0 Å². The van der Waals surface area contributed by atoms with Crippen molar-refractivity contribution >= 4 is 28.9 Å². The van der Waals surface area contributed by atoms with Gasteiger partial charge >= 0.3 is 0 Å². The smallest absolute Gasteiger partial charge is 0.161 e. The summed E-state index contributed by atoms with van der Waals surface area (Å²) in [6.07, 6.45) is 0. The molecular weight excluding hydrogens is 316 g/mol. The normalized spacial score (nSPS) is 10.3. The van der Waals surface area contributed by atoms with E-state index in [0.29, 0.717) is 30.3 Å². The number of anilines is 1. The van der Waals surface area contributed by atoms with Crippen LogP contribution in [0.1, 0.15) is 0 Å². The van der Waals surface area contributed by atoms with Gasteiger partial charge in [0.1, 0.15) is 12.4 Å². The second-order valence-corrected chi connectivity index (χ2v) is 4.98. The van der Waals surface area contributed by atoms with Gasteiger partial charge in [-0.3, -0.25) is 0 Å². The summed E-state index contributed by atoms with van der Waals surface area (Å²) in [7, 11) is 1.58. The first-order valence-corrected chi connectivity index (χ1v) is 7.01. The van der Waals surface area contributed by atoms with Crippen LogP contribution in [0.3, 0.4) is 0 Å². The summed E-state index contributed by atoms with van der Waals surface area (Å²) in [4.78, 5) is 0. The Kier molecular flexibility index (Phi) is 5.53. The van der Waals surface area contributed by atoms with Crippen LogP contribution in [0, 0.1) is 5.82 Å². The van der Waals surface area contributed by atoms with Crippen LogP contribution in [0.15, 0.2) is 36.4 Å². The summed E-state index contributed by atoms with van der Waals surface area (Å²) in [5.74, 6) is 0.842. The Hall–Kier alpha value is -1.65. The molecule has 1 N–H and O–H groups in total. The van der Waals surface area contributed by atoms with E-state index in [-0.39, 0.29) is 10.0 Å². The Labute approximate surface area is 132 Å². The van der Waals surface area contributed by atoms with Crippen molar-refractivity contribution in [2.45, 2.75) is 0 Å². The molecule has 0 heterocycles. The summed E-state index contributed by atoms with van der Waals surface area (Å²) in [6, 6.07) is 9.77. The summed E-state index contributed by atoms with van der Waals surface area (Å²) in [5, 5.41) is 3.49. The minimum Gasteiger partial charge on any atom is -0.493 e. The predicted molar refractivity (Wildman–Crippen MR) is 83.4 cm³/mol. The summed E-state index contributed by atoms with van der Waals surface area (Å²) in [6.45, 7) is 0.841. The largest absolute Gasteiger partial charge is 0.493 e. The van der Waals surface area contributed by atoms with Crippen molar-refractivity contribution in [1.82, 2.24) is 0 Å². The molecule has 0 bridgehead atoms. The van der Waals surface area contributed by atoms with Crippen LogP contribution in [0.5, 0.6) is 11.5 Å². The summed E-state index contributed by atoms with van der Waals surface area (Å²) in [5.41, 5.74) is 0.489. The lowest BCUT2D eigenvalue weighted by molar-refractivity contribution is 0.306. The lowest BCUT2D eigenvalue weighted by Gasteiger charge is -2.13. The minimum absolute atomic E-state index is 0.234. The number of hydrogen-bond acceptors (Lipinski definition) is 3. The second-order valence-electron chi connectivity index (χ2n) is 4.17. The molecule has 0 amide bonds. The van der Waals surface area contributed by atoms with Gasteiger partial charge in [0.05, 0.1) is 22.8 Å². The molecule has 0 atom stereocenters. The molecule has 112 valence electrons. The zero-order valence-corrected chi connectivity index (χ0v) is 12.8. The highest BCUT2D eigenvalue weighted by molar-refractivity contribution is 6.39. The molecule has 0 saturated heterocycles. The molecule has 21 heavy (non-hydrogen) atoms. The Balaban J connectivity index is 1.91. The van der Waals surface area contributed by atoms with Crippen LogP contribution in [0.2, 0.25) is 10.0 Å². The van der Waals surface area contributed by atoms with Crippen molar-refractivity contribution in [2.75, 3.05) is 25.6 Å². The number of hydrogen-bond donors (Lipinski definition) is 1. The highest BCUT2D eigenvalue weighted by Gasteiger charge is 2.08. The fourth-order valence-electron chi connectivity index (χ4n) is 1.79. The lowest BCUT2D eigenvalue weighted by Crippen LogP contribution is -2.12. The molecular formula is C15H14Cl2FNO2. The first-order valence-electron chi connectivity index (χ1n) is 6.26. The van der Waals surface area contributed by atoms with Crippen molar-refractivity contribution in [3.05, 3.63) is 52.3 Å². The van der Waals surface area contributed by atoms with Crippen molar-refractivity contribution in [1.29, 1.82) is 0 Å². The van der Waals surface area contributed by atoms with E-state index in [2.05, 4.69) is 5.32 Å². The quantitative estimate of drug-likeness (QED) is 0.783. The Morgan fingerprint density at radius 3 is 2.33 bits per heavy atom. The topological polar surface area (TPSA) is 30.5 Å². The van der Waals surface area contributed by atoms with Gasteiger partial charge in [0.15, 0.2) is 11.5 Å². The van der Waals surface area contributed by atoms with E-state index < -0.39 is 5.82 Å². The van der Waals surface area contributed by atoms with Gasteiger partial charge in [-0.05, 0) is 24.3 Å². The predicted octanol–water partition coefficient (Wildman–Crippen LogP) is 4.63. The number of benzene rings is 2. The molecule has 0 fully saturated rings. The maximum absolute atomic E-state index is 13.1. The fraction of sp³-hybridized carbons (Fsp3) is 0.200. The number of nitrogens with one attached hydrogen (secondary N) is 1. The molecule has 0 unspecified atom stereocenters. The van der Waals surface area contributed by atoms with Crippen molar-refractivity contribution < 1.29 is 13.9 Å². The van der Waals surface area contributed by atoms with Gasteiger partial charge in [0, 0.05) is 6.54 Å². The molecule has 0 aliphatic rings. The van der Waals surface area contributed by atoms with Crippen LogP contribution in [-0.2, 0) is 0 Å². The molecule has 0 aliphatic carbocycles. The van der Waals surface area contributed by atoms with E-state index in [1.165, 1.54) is 12.1 Å². The highest BCUT2D eigenvalue weighted by atomic mass is 35.5. The molecule has 0 aromatic heterocycles. The zero-order chi connectivity index (χ0) is 15.2. The van der Waals surface area contributed by atoms with E-state index in [0.717, 1.165) is 0 Å². The van der Waals surface area contributed by atoms with Crippen LogP contribution < -0.4 is 14.8 Å². The van der Waals surface area contributed by atoms with E-state index >= 15 is 0 Å². The molecule has 0 aliphatic heterocycles. The highest BCUT2D eigenvalue weighted by Crippen LogP contribution is 2.31. The molecule has 0 radical (unpaired) electrons. The number of ether oxygens (including phenoxy) is 2. The minimum atomic E-state index is -0.471. The third-order valence-corrected chi connectivity index (χ3v) is 3.33. The van der Waals surface area contributed by atoms with E-state index in [4.69, 9.17) is 32.7 Å². The monoisotopic (exact) mass is 329 g/mol. The Morgan fingerprint density at radius 2 is 1.71 bits per heavy atom. The second kappa shape index (κ2) is 7.38. The SMILES string of the molecule is COc1ccccc1OCCNc1c(Cl)cc(F)cc1Cl. The number of halogens is 3. The Bertz CT molecular complexity index is 599. The van der Waals surface area contributed by atoms with Gasteiger partial charge in [0.25, 0.3) is 0 Å². The van der Waals surface area contributed by atoms with Gasteiger partial charge in [-0.25, -0.2) is 4.39 Å². The maximum Gasteiger partial charge on any atom is 0.161 e. The van der Waals surface area contributed by atoms with Crippen LogP contribution in [0.25, 0.3) is 0 Å². The van der Waals surface area contributed by atoms with Crippen LogP contribution in [0.4, 0.5) is 10.1 Å². The van der Waals surface area contributed by atoms with E-state index in [1.807, 2.05) is 24.3 Å². The number of rotatable bonds is 6. The van der Waals surface area contributed by atoms with Crippen molar-refractivity contribution in [3.63, 3.8) is 0 Å².